The maximum atomic E-state index is 12.6. The summed E-state index contributed by atoms with van der Waals surface area (Å²) in [5.41, 5.74) is 0.0350. The Balaban J connectivity index is 2.66. The standard InChI is InChI=1S/C13H12BrFN2O3/c1-20-12(18)7-17-13(19)9-3-2-8(14)6-10(9)11(16-17)4-5-15/h2-3,6H,4-5,7H2,1H3. The van der Waals surface area contributed by atoms with Crippen LogP contribution in [0.5, 0.6) is 0 Å². The molecule has 0 fully saturated rings. The topological polar surface area (TPSA) is 61.2 Å². The van der Waals surface area contributed by atoms with Crippen LogP contribution in [0.3, 0.4) is 0 Å². The van der Waals surface area contributed by atoms with Crippen molar-refractivity contribution in [2.24, 2.45) is 0 Å². The number of aromatic nitrogens is 2. The van der Waals surface area contributed by atoms with Crippen LogP contribution >= 0.6 is 15.9 Å². The number of rotatable bonds is 4. The largest absolute Gasteiger partial charge is 0.468 e. The highest BCUT2D eigenvalue weighted by molar-refractivity contribution is 9.10. The van der Waals surface area contributed by atoms with Crippen molar-refractivity contribution >= 4 is 32.7 Å². The van der Waals surface area contributed by atoms with Gasteiger partial charge in [0.05, 0.1) is 24.9 Å². The van der Waals surface area contributed by atoms with Crippen molar-refractivity contribution in [3.05, 3.63) is 38.7 Å². The van der Waals surface area contributed by atoms with Gasteiger partial charge in [0, 0.05) is 16.3 Å². The molecule has 0 aliphatic rings. The minimum atomic E-state index is -0.592. The molecule has 2 rings (SSSR count). The van der Waals surface area contributed by atoms with Crippen molar-refractivity contribution in [2.75, 3.05) is 13.8 Å². The van der Waals surface area contributed by atoms with Crippen molar-refractivity contribution in [3.63, 3.8) is 0 Å². The lowest BCUT2D eigenvalue weighted by molar-refractivity contribution is -0.141. The summed E-state index contributed by atoms with van der Waals surface area (Å²) in [4.78, 5) is 23.5. The van der Waals surface area contributed by atoms with Gasteiger partial charge in [0.25, 0.3) is 5.56 Å². The van der Waals surface area contributed by atoms with Gasteiger partial charge in [-0.1, -0.05) is 15.9 Å². The van der Waals surface area contributed by atoms with E-state index in [1.54, 1.807) is 18.2 Å². The van der Waals surface area contributed by atoms with E-state index in [0.29, 0.717) is 16.5 Å². The predicted molar refractivity (Wildman–Crippen MR) is 75.4 cm³/mol. The van der Waals surface area contributed by atoms with Crippen LogP contribution in [-0.4, -0.2) is 29.5 Å². The van der Waals surface area contributed by atoms with E-state index in [1.807, 2.05) is 0 Å². The fourth-order valence-corrected chi connectivity index (χ4v) is 2.26. The molecule has 5 nitrogen and oxygen atoms in total. The van der Waals surface area contributed by atoms with Crippen molar-refractivity contribution in [2.45, 2.75) is 13.0 Å². The minimum Gasteiger partial charge on any atom is -0.468 e. The summed E-state index contributed by atoms with van der Waals surface area (Å²) in [5.74, 6) is -0.581. The van der Waals surface area contributed by atoms with Gasteiger partial charge in [-0.2, -0.15) is 5.10 Å². The van der Waals surface area contributed by atoms with Crippen molar-refractivity contribution in [3.8, 4) is 0 Å². The van der Waals surface area contributed by atoms with Crippen LogP contribution in [0.2, 0.25) is 0 Å². The van der Waals surface area contributed by atoms with E-state index in [1.165, 1.54) is 7.11 Å². The second kappa shape index (κ2) is 6.13. The zero-order valence-electron chi connectivity index (χ0n) is 10.7. The molecule has 0 unspecified atom stereocenters. The fraction of sp³-hybridized carbons (Fsp3) is 0.308. The minimum absolute atomic E-state index is 0.0778. The van der Waals surface area contributed by atoms with Gasteiger partial charge in [0.1, 0.15) is 6.54 Å². The summed E-state index contributed by atoms with van der Waals surface area (Å²) in [6, 6.07) is 5.06. The number of hydrogen-bond acceptors (Lipinski definition) is 4. The lowest BCUT2D eigenvalue weighted by Gasteiger charge is -2.09. The molecule has 0 N–H and O–H groups in total. The maximum absolute atomic E-state index is 12.6. The molecule has 1 aromatic carbocycles. The molecule has 0 saturated heterocycles. The zero-order valence-corrected chi connectivity index (χ0v) is 12.3. The first-order chi connectivity index (χ1) is 9.56. The molecule has 0 amide bonds. The van der Waals surface area contributed by atoms with Crippen LogP contribution in [-0.2, 0) is 22.5 Å². The highest BCUT2D eigenvalue weighted by Gasteiger charge is 2.13. The monoisotopic (exact) mass is 342 g/mol. The number of ether oxygens (including phenoxy) is 1. The molecule has 20 heavy (non-hydrogen) atoms. The average Bonchev–Trinajstić information content (AvgIpc) is 2.43. The third kappa shape index (κ3) is 2.87. The van der Waals surface area contributed by atoms with E-state index >= 15 is 0 Å². The van der Waals surface area contributed by atoms with Crippen LogP contribution in [0.25, 0.3) is 10.8 Å². The number of aryl methyl sites for hydroxylation is 1. The first kappa shape index (κ1) is 14.6. The molecular weight excluding hydrogens is 331 g/mol. The van der Waals surface area contributed by atoms with Crippen LogP contribution < -0.4 is 5.56 Å². The molecule has 0 aliphatic carbocycles. The Bertz CT molecular complexity index is 715. The number of nitrogens with zero attached hydrogens (tertiary/aromatic N) is 2. The first-order valence-corrected chi connectivity index (χ1v) is 6.68. The normalized spacial score (nSPS) is 10.8. The second-order valence-electron chi connectivity index (χ2n) is 4.11. The molecule has 7 heteroatoms. The summed E-state index contributed by atoms with van der Waals surface area (Å²) < 4.78 is 18.9. The average molecular weight is 343 g/mol. The molecule has 0 aliphatic heterocycles. The van der Waals surface area contributed by atoms with Crippen molar-refractivity contribution < 1.29 is 13.9 Å². The lowest BCUT2D eigenvalue weighted by Crippen LogP contribution is -2.28. The SMILES string of the molecule is COC(=O)Cn1nc(CCF)c2cc(Br)ccc2c1=O. The van der Waals surface area contributed by atoms with Gasteiger partial charge >= 0.3 is 5.97 Å². The number of carbonyl (C=O) groups excluding carboxylic acids is 1. The van der Waals surface area contributed by atoms with Crippen LogP contribution in [0.4, 0.5) is 4.39 Å². The number of fused-ring (bicyclic) bond motifs is 1. The Morgan fingerprint density at radius 3 is 2.85 bits per heavy atom. The number of hydrogen-bond donors (Lipinski definition) is 0. The van der Waals surface area contributed by atoms with Crippen molar-refractivity contribution in [1.82, 2.24) is 9.78 Å². The van der Waals surface area contributed by atoms with E-state index in [2.05, 4.69) is 25.8 Å². The molecule has 0 spiro atoms. The van der Waals surface area contributed by atoms with Crippen LogP contribution in [0.1, 0.15) is 5.69 Å². The van der Waals surface area contributed by atoms with Gasteiger partial charge in [-0.05, 0) is 18.2 Å². The summed E-state index contributed by atoms with van der Waals surface area (Å²) in [6.07, 6.45) is 0.0778. The third-order valence-corrected chi connectivity index (χ3v) is 3.33. The van der Waals surface area contributed by atoms with Gasteiger partial charge in [-0.25, -0.2) is 4.68 Å². The third-order valence-electron chi connectivity index (χ3n) is 2.84. The molecule has 0 bridgehead atoms. The molecule has 106 valence electrons. The number of carbonyl (C=O) groups is 1. The van der Waals surface area contributed by atoms with Crippen LogP contribution in [0, 0.1) is 0 Å². The molecular formula is C13H12BrFN2O3. The van der Waals surface area contributed by atoms with Gasteiger partial charge in [-0.15, -0.1) is 0 Å². The van der Waals surface area contributed by atoms with Gasteiger partial charge < -0.3 is 4.74 Å². The Kier molecular flexibility index (Phi) is 4.49. The fourth-order valence-electron chi connectivity index (χ4n) is 1.89. The number of methoxy groups -OCH3 is 1. The lowest BCUT2D eigenvalue weighted by atomic mass is 10.1. The number of halogens is 2. The van der Waals surface area contributed by atoms with E-state index < -0.39 is 18.2 Å². The van der Waals surface area contributed by atoms with Gasteiger partial charge in [0.15, 0.2) is 0 Å². The molecule has 2 aromatic rings. The summed E-state index contributed by atoms with van der Waals surface area (Å²) >= 11 is 3.31. The highest BCUT2D eigenvalue weighted by Crippen LogP contribution is 2.20. The van der Waals surface area contributed by atoms with E-state index in [9.17, 15) is 14.0 Å². The van der Waals surface area contributed by atoms with E-state index in [4.69, 9.17) is 0 Å². The summed E-state index contributed by atoms with van der Waals surface area (Å²) in [7, 11) is 1.23. The Morgan fingerprint density at radius 2 is 2.20 bits per heavy atom. The quantitative estimate of drug-likeness (QED) is 0.795. The van der Waals surface area contributed by atoms with Crippen LogP contribution in [0.15, 0.2) is 27.5 Å². The molecule has 0 saturated carbocycles. The van der Waals surface area contributed by atoms with E-state index in [-0.39, 0.29) is 13.0 Å². The Hall–Kier alpha value is -1.76. The zero-order chi connectivity index (χ0) is 14.7. The summed E-state index contributed by atoms with van der Waals surface area (Å²) in [6.45, 7) is -0.883. The predicted octanol–water partition coefficient (Wildman–Crippen LogP) is 1.84. The maximum Gasteiger partial charge on any atom is 0.327 e. The number of benzene rings is 1. The summed E-state index contributed by atoms with van der Waals surface area (Å²) in [5, 5.41) is 5.05. The molecule has 1 aromatic heterocycles. The molecule has 0 radical (unpaired) electrons. The molecule has 0 atom stereocenters. The first-order valence-electron chi connectivity index (χ1n) is 5.89. The highest BCUT2D eigenvalue weighted by atomic mass is 79.9. The van der Waals surface area contributed by atoms with Gasteiger partial charge in [-0.3, -0.25) is 14.0 Å². The van der Waals surface area contributed by atoms with E-state index in [0.717, 1.165) is 9.15 Å². The van der Waals surface area contributed by atoms with Crippen molar-refractivity contribution in [1.29, 1.82) is 0 Å². The Morgan fingerprint density at radius 1 is 1.45 bits per heavy atom. The number of esters is 1. The second-order valence-corrected chi connectivity index (χ2v) is 5.03. The Labute approximate surface area is 122 Å². The number of alkyl halides is 1. The van der Waals surface area contributed by atoms with Gasteiger partial charge in [0.2, 0.25) is 0 Å². The molecule has 1 heterocycles. The smallest absolute Gasteiger partial charge is 0.327 e.